The number of anilines is 2. The summed E-state index contributed by atoms with van der Waals surface area (Å²) < 4.78 is 5.56. The van der Waals surface area contributed by atoms with Crippen molar-refractivity contribution in [2.24, 2.45) is 0 Å². The number of rotatable bonds is 4. The van der Waals surface area contributed by atoms with Crippen LogP contribution < -0.4 is 15.0 Å². The van der Waals surface area contributed by atoms with Gasteiger partial charge in [0, 0.05) is 42.3 Å². The first-order valence-corrected chi connectivity index (χ1v) is 10.4. The van der Waals surface area contributed by atoms with Crippen LogP contribution in [-0.2, 0) is 6.42 Å². The highest BCUT2D eigenvalue weighted by Crippen LogP contribution is 2.32. The molecule has 2 aliphatic heterocycles. The van der Waals surface area contributed by atoms with E-state index in [0.29, 0.717) is 10.8 Å². The summed E-state index contributed by atoms with van der Waals surface area (Å²) in [6.07, 6.45) is 5.01. The summed E-state index contributed by atoms with van der Waals surface area (Å²) >= 11 is 1.42. The number of benzene rings is 1. The highest BCUT2D eigenvalue weighted by atomic mass is 32.1. The van der Waals surface area contributed by atoms with Gasteiger partial charge in [0.15, 0.2) is 5.13 Å². The third-order valence-corrected chi connectivity index (χ3v) is 5.91. The van der Waals surface area contributed by atoms with Crippen LogP contribution in [0, 0.1) is 0 Å². The summed E-state index contributed by atoms with van der Waals surface area (Å²) in [6, 6.07) is 9.93. The molecule has 0 radical (unpaired) electrons. The summed E-state index contributed by atoms with van der Waals surface area (Å²) in [7, 11) is 0. The molecule has 2 aliphatic rings. The van der Waals surface area contributed by atoms with Crippen LogP contribution in [0.4, 0.5) is 10.8 Å². The predicted molar refractivity (Wildman–Crippen MR) is 110 cm³/mol. The normalized spacial score (nSPS) is 15.4. The predicted octanol–water partition coefficient (Wildman–Crippen LogP) is 3.99. The molecule has 3 aromatic rings. The van der Waals surface area contributed by atoms with E-state index in [2.05, 4.69) is 26.3 Å². The molecule has 5 rings (SSSR count). The first kappa shape index (κ1) is 17.2. The van der Waals surface area contributed by atoms with Crippen molar-refractivity contribution in [2.75, 3.05) is 29.9 Å². The molecule has 0 unspecified atom stereocenters. The van der Waals surface area contributed by atoms with Crippen molar-refractivity contribution in [1.82, 2.24) is 9.97 Å². The Bertz CT molecular complexity index is 1030. The number of amides is 1. The smallest absolute Gasteiger partial charge is 0.276 e. The molecule has 1 aromatic carbocycles. The topological polar surface area (TPSA) is 67.3 Å². The fraction of sp³-hybridized carbons (Fsp3) is 0.286. The molecule has 0 bridgehead atoms. The van der Waals surface area contributed by atoms with Crippen LogP contribution in [0.5, 0.6) is 5.75 Å². The Hall–Kier alpha value is -2.93. The quantitative estimate of drug-likeness (QED) is 0.727. The molecule has 1 fully saturated rings. The van der Waals surface area contributed by atoms with E-state index >= 15 is 0 Å². The molecule has 0 atom stereocenters. The number of nitrogens with one attached hydrogen (secondary N) is 1. The van der Waals surface area contributed by atoms with Gasteiger partial charge in [-0.15, -0.1) is 11.3 Å². The number of nitrogens with zero attached hydrogens (tertiary/aromatic N) is 3. The van der Waals surface area contributed by atoms with Crippen LogP contribution in [0.1, 0.15) is 28.9 Å². The monoisotopic (exact) mass is 392 g/mol. The summed E-state index contributed by atoms with van der Waals surface area (Å²) in [5.41, 5.74) is 4.57. The zero-order valence-corrected chi connectivity index (χ0v) is 16.2. The molecule has 1 N–H and O–H groups in total. The summed E-state index contributed by atoms with van der Waals surface area (Å²) in [5, 5.41) is 5.41. The summed E-state index contributed by atoms with van der Waals surface area (Å²) in [5.74, 6) is 0.723. The highest BCUT2D eigenvalue weighted by Gasteiger charge is 2.17. The summed E-state index contributed by atoms with van der Waals surface area (Å²) in [4.78, 5) is 23.7. The largest absolute Gasteiger partial charge is 0.493 e. The lowest BCUT2D eigenvalue weighted by molar-refractivity contribution is 0.102. The van der Waals surface area contributed by atoms with Crippen molar-refractivity contribution in [1.29, 1.82) is 0 Å². The van der Waals surface area contributed by atoms with Gasteiger partial charge in [-0.05, 0) is 48.7 Å². The Morgan fingerprint density at radius 3 is 2.96 bits per heavy atom. The first-order valence-electron chi connectivity index (χ1n) is 9.50. The van der Waals surface area contributed by atoms with Gasteiger partial charge in [0.05, 0.1) is 12.3 Å². The molecule has 1 saturated heterocycles. The van der Waals surface area contributed by atoms with Gasteiger partial charge in [0.25, 0.3) is 5.91 Å². The van der Waals surface area contributed by atoms with E-state index in [1.807, 2.05) is 29.6 Å². The van der Waals surface area contributed by atoms with Crippen molar-refractivity contribution < 1.29 is 9.53 Å². The number of thiazole rings is 1. The van der Waals surface area contributed by atoms with Crippen LogP contribution in [0.2, 0.25) is 0 Å². The van der Waals surface area contributed by atoms with Gasteiger partial charge in [0.1, 0.15) is 11.4 Å². The van der Waals surface area contributed by atoms with E-state index in [9.17, 15) is 4.79 Å². The molecular formula is C21H20N4O2S. The van der Waals surface area contributed by atoms with Crippen molar-refractivity contribution in [3.05, 3.63) is 53.2 Å². The van der Waals surface area contributed by atoms with E-state index in [-0.39, 0.29) is 5.91 Å². The molecule has 4 heterocycles. The second-order valence-corrected chi connectivity index (χ2v) is 7.86. The second kappa shape index (κ2) is 7.24. The maximum Gasteiger partial charge on any atom is 0.276 e. The Kier molecular flexibility index (Phi) is 4.44. The average molecular weight is 392 g/mol. The van der Waals surface area contributed by atoms with Crippen LogP contribution >= 0.6 is 11.3 Å². The molecule has 28 heavy (non-hydrogen) atoms. The van der Waals surface area contributed by atoms with Crippen LogP contribution in [0.25, 0.3) is 11.3 Å². The number of hydrogen-bond donors (Lipinski definition) is 1. The molecule has 2 aromatic heterocycles. The number of ether oxygens (including phenoxy) is 1. The van der Waals surface area contributed by atoms with Crippen LogP contribution in [-0.4, -0.2) is 35.6 Å². The zero-order chi connectivity index (χ0) is 18.9. The van der Waals surface area contributed by atoms with Crippen molar-refractivity contribution in [3.63, 3.8) is 0 Å². The lowest BCUT2D eigenvalue weighted by Crippen LogP contribution is -2.19. The van der Waals surface area contributed by atoms with E-state index in [1.165, 1.54) is 29.7 Å². The number of hydrogen-bond acceptors (Lipinski definition) is 6. The number of fused-ring (bicyclic) bond motifs is 1. The first-order chi connectivity index (χ1) is 13.8. The fourth-order valence-electron chi connectivity index (χ4n) is 3.69. The van der Waals surface area contributed by atoms with Gasteiger partial charge in [0.2, 0.25) is 0 Å². The highest BCUT2D eigenvalue weighted by molar-refractivity contribution is 7.14. The van der Waals surface area contributed by atoms with E-state index in [0.717, 1.165) is 48.8 Å². The molecule has 7 heteroatoms. The summed E-state index contributed by atoms with van der Waals surface area (Å²) in [6.45, 7) is 2.81. The molecule has 0 saturated carbocycles. The lowest BCUT2D eigenvalue weighted by atomic mass is 10.1. The van der Waals surface area contributed by atoms with Gasteiger partial charge >= 0.3 is 0 Å². The third-order valence-electron chi connectivity index (χ3n) is 5.16. The molecule has 0 spiro atoms. The standard InChI is InChI=1S/C21H20N4O2S/c26-20(17-12-16(5-7-22-17)25-8-1-2-9-25)24-21-23-18(13-28-21)14-3-4-19-15(11-14)6-10-27-19/h3-5,7,11-13H,1-2,6,8-10H2,(H,23,24,26). The molecule has 1 amide bonds. The van der Waals surface area contributed by atoms with Crippen molar-refractivity contribution >= 4 is 28.1 Å². The Balaban J connectivity index is 1.32. The van der Waals surface area contributed by atoms with Crippen molar-refractivity contribution in [2.45, 2.75) is 19.3 Å². The van der Waals surface area contributed by atoms with Crippen LogP contribution in [0.3, 0.4) is 0 Å². The third kappa shape index (κ3) is 3.33. The van der Waals surface area contributed by atoms with Crippen LogP contribution in [0.15, 0.2) is 41.9 Å². The number of aromatic nitrogens is 2. The van der Waals surface area contributed by atoms with Gasteiger partial charge in [-0.3, -0.25) is 15.1 Å². The number of pyridine rings is 1. The molecular weight excluding hydrogens is 372 g/mol. The maximum atomic E-state index is 12.6. The van der Waals surface area contributed by atoms with E-state index < -0.39 is 0 Å². The van der Waals surface area contributed by atoms with E-state index in [1.54, 1.807) is 6.20 Å². The average Bonchev–Trinajstić information content (AvgIpc) is 3.48. The van der Waals surface area contributed by atoms with Gasteiger partial charge in [-0.1, -0.05) is 0 Å². The minimum Gasteiger partial charge on any atom is -0.493 e. The lowest BCUT2D eigenvalue weighted by Gasteiger charge is -2.17. The van der Waals surface area contributed by atoms with Crippen molar-refractivity contribution in [3.8, 4) is 17.0 Å². The van der Waals surface area contributed by atoms with Gasteiger partial charge < -0.3 is 9.64 Å². The van der Waals surface area contributed by atoms with Gasteiger partial charge in [-0.2, -0.15) is 0 Å². The number of carbonyl (C=O) groups is 1. The zero-order valence-electron chi connectivity index (χ0n) is 15.4. The minimum absolute atomic E-state index is 0.232. The molecule has 142 valence electrons. The minimum atomic E-state index is -0.232. The molecule has 0 aliphatic carbocycles. The fourth-order valence-corrected chi connectivity index (χ4v) is 4.40. The number of carbonyl (C=O) groups excluding carboxylic acids is 1. The Labute approximate surface area is 167 Å². The van der Waals surface area contributed by atoms with Gasteiger partial charge in [-0.25, -0.2) is 4.98 Å². The second-order valence-electron chi connectivity index (χ2n) is 7.01. The Morgan fingerprint density at radius 2 is 2.07 bits per heavy atom. The Morgan fingerprint density at radius 1 is 1.18 bits per heavy atom. The SMILES string of the molecule is O=C(Nc1nc(-c2ccc3c(c2)CCO3)cs1)c1cc(N2CCCC2)ccn1. The van der Waals surface area contributed by atoms with E-state index in [4.69, 9.17) is 4.74 Å². The molecule has 6 nitrogen and oxygen atoms in total. The maximum absolute atomic E-state index is 12.6.